The molecule has 2 aromatic heterocycles. The number of ether oxygens (including phenoxy) is 1. The zero-order chi connectivity index (χ0) is 25.3. The first-order valence-electron chi connectivity index (χ1n) is 9.65. The topological polar surface area (TPSA) is 69.3 Å². The van der Waals surface area contributed by atoms with E-state index in [4.69, 9.17) is 90.4 Å². The maximum Gasteiger partial charge on any atom is 0.292 e. The Balaban J connectivity index is 1.38. The molecular weight excluding hydrogens is 602 g/mol. The van der Waals surface area contributed by atoms with Crippen molar-refractivity contribution in [1.82, 2.24) is 9.78 Å². The Morgan fingerprint density at radius 2 is 1.57 bits per heavy atom. The van der Waals surface area contributed by atoms with Crippen molar-refractivity contribution in [2.24, 2.45) is 0 Å². The number of anilines is 1. The number of hydrogen-bond donors (Lipinski definition) is 1. The highest BCUT2D eigenvalue weighted by atomic mass is 35.5. The molecule has 1 amide bonds. The van der Waals surface area contributed by atoms with Crippen LogP contribution in [-0.4, -0.2) is 15.7 Å². The zero-order valence-corrected chi connectivity index (χ0v) is 22.5. The van der Waals surface area contributed by atoms with Crippen LogP contribution in [0.1, 0.15) is 21.9 Å². The lowest BCUT2D eigenvalue weighted by Crippen LogP contribution is -2.12. The third-order valence-electron chi connectivity index (χ3n) is 4.62. The molecule has 0 radical (unpaired) electrons. The summed E-state index contributed by atoms with van der Waals surface area (Å²) in [4.78, 5) is 12.6. The summed E-state index contributed by atoms with van der Waals surface area (Å²) >= 11 is 42.4. The van der Waals surface area contributed by atoms with E-state index in [0.29, 0.717) is 28.2 Å². The SMILES string of the molecule is O=C(Nc1ccn(Cc2ccc(Cl)c(Cl)c2)n1)c1ccc(COc2c(Cl)c(Cl)c(Cl)c(Cl)c2Cl)o1. The number of carbonyl (C=O) groups is 1. The number of benzene rings is 2. The molecule has 4 rings (SSSR count). The highest BCUT2D eigenvalue weighted by Crippen LogP contribution is 2.48. The monoisotopic (exact) mass is 611 g/mol. The van der Waals surface area contributed by atoms with Gasteiger partial charge in [0.05, 0.1) is 31.7 Å². The summed E-state index contributed by atoms with van der Waals surface area (Å²) in [6.45, 7) is 0.345. The Hall–Kier alpha value is -1.77. The Labute approximate surface area is 234 Å². The third-order valence-corrected chi connectivity index (χ3v) is 7.61. The quantitative estimate of drug-likeness (QED) is 0.167. The fraction of sp³-hybridized carbons (Fsp3) is 0.0909. The van der Waals surface area contributed by atoms with Crippen LogP contribution in [0.3, 0.4) is 0 Å². The lowest BCUT2D eigenvalue weighted by atomic mass is 10.2. The van der Waals surface area contributed by atoms with Gasteiger partial charge in [0.2, 0.25) is 0 Å². The Kier molecular flexibility index (Phi) is 8.34. The first kappa shape index (κ1) is 26.3. The van der Waals surface area contributed by atoms with Crippen molar-refractivity contribution in [3.8, 4) is 5.75 Å². The maximum atomic E-state index is 12.6. The molecule has 2 heterocycles. The van der Waals surface area contributed by atoms with Gasteiger partial charge < -0.3 is 14.5 Å². The molecule has 0 unspecified atom stereocenters. The van der Waals surface area contributed by atoms with Gasteiger partial charge >= 0.3 is 0 Å². The van der Waals surface area contributed by atoms with Crippen LogP contribution in [0.2, 0.25) is 35.2 Å². The van der Waals surface area contributed by atoms with Crippen molar-refractivity contribution in [1.29, 1.82) is 0 Å². The average molecular weight is 615 g/mol. The van der Waals surface area contributed by atoms with Gasteiger partial charge in [-0.1, -0.05) is 87.3 Å². The zero-order valence-electron chi connectivity index (χ0n) is 17.2. The van der Waals surface area contributed by atoms with Crippen molar-refractivity contribution in [3.05, 3.63) is 94.8 Å². The second kappa shape index (κ2) is 11.1. The predicted molar refractivity (Wildman–Crippen MR) is 140 cm³/mol. The van der Waals surface area contributed by atoms with Crippen LogP contribution < -0.4 is 10.1 Å². The van der Waals surface area contributed by atoms with Gasteiger partial charge in [-0.05, 0) is 29.8 Å². The molecule has 0 aliphatic heterocycles. The van der Waals surface area contributed by atoms with Gasteiger partial charge in [0.1, 0.15) is 22.4 Å². The molecule has 6 nitrogen and oxygen atoms in total. The van der Waals surface area contributed by atoms with Gasteiger partial charge in [0.25, 0.3) is 5.91 Å². The smallest absolute Gasteiger partial charge is 0.292 e. The first-order chi connectivity index (χ1) is 16.6. The van der Waals surface area contributed by atoms with Gasteiger partial charge in [-0.3, -0.25) is 9.48 Å². The molecule has 0 atom stereocenters. The number of halogens is 7. The van der Waals surface area contributed by atoms with Crippen LogP contribution >= 0.6 is 81.2 Å². The van der Waals surface area contributed by atoms with E-state index >= 15 is 0 Å². The average Bonchev–Trinajstić information content (AvgIpc) is 3.48. The van der Waals surface area contributed by atoms with E-state index in [9.17, 15) is 4.79 Å². The molecule has 0 aliphatic carbocycles. The number of rotatable bonds is 7. The largest absolute Gasteiger partial charge is 0.482 e. The molecule has 4 aromatic rings. The molecule has 13 heteroatoms. The van der Waals surface area contributed by atoms with Gasteiger partial charge in [-0.25, -0.2) is 0 Å². The van der Waals surface area contributed by atoms with Gasteiger partial charge in [0, 0.05) is 12.3 Å². The van der Waals surface area contributed by atoms with Gasteiger partial charge in [0.15, 0.2) is 17.3 Å². The third kappa shape index (κ3) is 5.97. The first-order valence-corrected chi connectivity index (χ1v) is 12.3. The number of nitrogens with zero attached hydrogens (tertiary/aromatic N) is 2. The molecule has 0 bridgehead atoms. The standard InChI is InChI=1S/C22H12Cl7N3O3/c23-12-3-1-10(7-13(12)24)8-32-6-5-15(31-32)30-22(33)14-4-2-11(35-14)9-34-21-19(28)17(26)16(25)18(27)20(21)29/h1-7H,8-9H2,(H,30,31,33). The summed E-state index contributed by atoms with van der Waals surface area (Å²) in [5.41, 5.74) is 0.902. The summed E-state index contributed by atoms with van der Waals surface area (Å²) in [5.74, 6) is 0.266. The summed E-state index contributed by atoms with van der Waals surface area (Å²) < 4.78 is 12.8. The second-order valence-electron chi connectivity index (χ2n) is 7.05. The summed E-state index contributed by atoms with van der Waals surface area (Å²) in [5, 5.41) is 7.97. The maximum absolute atomic E-state index is 12.6. The van der Waals surface area contributed by atoms with E-state index in [-0.39, 0.29) is 43.2 Å². The minimum Gasteiger partial charge on any atom is -0.482 e. The van der Waals surface area contributed by atoms with Crippen molar-refractivity contribution >= 4 is 92.9 Å². The number of hydrogen-bond acceptors (Lipinski definition) is 4. The molecule has 0 spiro atoms. The van der Waals surface area contributed by atoms with E-state index in [1.54, 1.807) is 35.1 Å². The van der Waals surface area contributed by atoms with Gasteiger partial charge in [-0.2, -0.15) is 5.10 Å². The van der Waals surface area contributed by atoms with Crippen molar-refractivity contribution in [2.45, 2.75) is 13.2 Å². The lowest BCUT2D eigenvalue weighted by Gasteiger charge is -2.12. The highest BCUT2D eigenvalue weighted by Gasteiger charge is 2.21. The van der Waals surface area contributed by atoms with Crippen LogP contribution in [0.4, 0.5) is 5.82 Å². The molecule has 0 aliphatic rings. The Bertz CT molecular complexity index is 1390. The van der Waals surface area contributed by atoms with Crippen molar-refractivity contribution in [3.63, 3.8) is 0 Å². The molecule has 1 N–H and O–H groups in total. The van der Waals surface area contributed by atoms with Crippen LogP contribution in [0.15, 0.2) is 47.0 Å². The Morgan fingerprint density at radius 3 is 2.26 bits per heavy atom. The Morgan fingerprint density at radius 1 is 0.886 bits per heavy atom. The van der Waals surface area contributed by atoms with E-state index in [1.165, 1.54) is 6.07 Å². The van der Waals surface area contributed by atoms with E-state index < -0.39 is 5.91 Å². The van der Waals surface area contributed by atoms with E-state index in [0.717, 1.165) is 5.56 Å². The van der Waals surface area contributed by atoms with Gasteiger partial charge in [-0.15, -0.1) is 0 Å². The van der Waals surface area contributed by atoms with Crippen LogP contribution in [-0.2, 0) is 13.2 Å². The number of nitrogens with one attached hydrogen (secondary N) is 1. The lowest BCUT2D eigenvalue weighted by molar-refractivity contribution is 0.0992. The van der Waals surface area contributed by atoms with Crippen LogP contribution in [0.5, 0.6) is 5.75 Å². The predicted octanol–water partition coefficient (Wildman–Crippen LogP) is 8.93. The number of aromatic nitrogens is 2. The van der Waals surface area contributed by atoms with Crippen LogP contribution in [0, 0.1) is 0 Å². The normalized spacial score (nSPS) is 11.1. The molecule has 35 heavy (non-hydrogen) atoms. The van der Waals surface area contributed by atoms with Crippen molar-refractivity contribution < 1.29 is 13.9 Å². The molecule has 0 fully saturated rings. The number of amides is 1. The molecule has 2 aromatic carbocycles. The number of furan rings is 1. The number of carbonyl (C=O) groups excluding carboxylic acids is 1. The summed E-state index contributed by atoms with van der Waals surface area (Å²) in [6, 6.07) is 10.0. The summed E-state index contributed by atoms with van der Waals surface area (Å²) in [7, 11) is 0. The fourth-order valence-electron chi connectivity index (χ4n) is 2.95. The minimum atomic E-state index is -0.496. The second-order valence-corrected chi connectivity index (χ2v) is 9.76. The molecule has 182 valence electrons. The van der Waals surface area contributed by atoms with Crippen molar-refractivity contribution in [2.75, 3.05) is 5.32 Å². The van der Waals surface area contributed by atoms with Crippen LogP contribution in [0.25, 0.3) is 0 Å². The molecule has 0 saturated carbocycles. The minimum absolute atomic E-state index is 0.00653. The van der Waals surface area contributed by atoms with E-state index in [1.807, 2.05) is 6.07 Å². The fourth-order valence-corrected chi connectivity index (χ4v) is 4.50. The summed E-state index contributed by atoms with van der Waals surface area (Å²) in [6.07, 6.45) is 1.72. The molecular formula is C22H12Cl7N3O3. The molecule has 0 saturated heterocycles. The highest BCUT2D eigenvalue weighted by molar-refractivity contribution is 6.55. The van der Waals surface area contributed by atoms with E-state index in [2.05, 4.69) is 10.4 Å².